The van der Waals surface area contributed by atoms with Gasteiger partial charge in [0.1, 0.15) is 0 Å². The Balaban J connectivity index is 1.42. The van der Waals surface area contributed by atoms with Gasteiger partial charge in [-0.2, -0.15) is 0 Å². The predicted octanol–water partition coefficient (Wildman–Crippen LogP) is 3.34. The van der Waals surface area contributed by atoms with Crippen LogP contribution in [0.3, 0.4) is 0 Å². The molecule has 3 aliphatic rings. The van der Waals surface area contributed by atoms with Crippen LogP contribution in [0.1, 0.15) is 57.8 Å². The summed E-state index contributed by atoms with van der Waals surface area (Å²) in [5.74, 6) is 3.16. The Kier molecular flexibility index (Phi) is 3.01. The van der Waals surface area contributed by atoms with Gasteiger partial charge in [0.15, 0.2) is 0 Å². The quantitative estimate of drug-likeness (QED) is 0.748. The topological polar surface area (TPSA) is 12.0 Å². The molecular weight excluding hydrogens is 182 g/mol. The Morgan fingerprint density at radius 1 is 0.867 bits per heavy atom. The molecule has 0 aromatic carbocycles. The van der Waals surface area contributed by atoms with Crippen molar-refractivity contribution in [3.8, 4) is 0 Å². The first kappa shape index (κ1) is 10.1. The van der Waals surface area contributed by atoms with Gasteiger partial charge in [-0.05, 0) is 56.4 Å². The van der Waals surface area contributed by atoms with Crippen LogP contribution >= 0.6 is 0 Å². The van der Waals surface area contributed by atoms with Crippen LogP contribution in [0.4, 0.5) is 0 Å². The van der Waals surface area contributed by atoms with E-state index >= 15 is 0 Å². The molecule has 3 saturated carbocycles. The van der Waals surface area contributed by atoms with Crippen molar-refractivity contribution in [1.82, 2.24) is 5.32 Å². The summed E-state index contributed by atoms with van der Waals surface area (Å²) >= 11 is 0. The summed E-state index contributed by atoms with van der Waals surface area (Å²) in [6.07, 6.45) is 13.6. The summed E-state index contributed by atoms with van der Waals surface area (Å²) in [7, 11) is 0. The third kappa shape index (κ3) is 2.22. The Bertz CT molecular complexity index is 207. The first-order chi connectivity index (χ1) is 7.42. The standard InChI is InChI=1S/C14H25N/c1-2-4-11(5-3-1)10-15-14-9-12-6-7-13(14)8-12/h11-15H,1-10H2. The molecule has 3 fully saturated rings. The van der Waals surface area contributed by atoms with E-state index in [1.807, 2.05) is 0 Å². The van der Waals surface area contributed by atoms with Gasteiger partial charge in [-0.1, -0.05) is 25.7 Å². The Morgan fingerprint density at radius 2 is 1.73 bits per heavy atom. The van der Waals surface area contributed by atoms with E-state index in [4.69, 9.17) is 0 Å². The molecule has 0 radical (unpaired) electrons. The largest absolute Gasteiger partial charge is 0.313 e. The lowest BCUT2D eigenvalue weighted by atomic mass is 9.88. The Hall–Kier alpha value is -0.0400. The van der Waals surface area contributed by atoms with Crippen molar-refractivity contribution in [3.05, 3.63) is 0 Å². The van der Waals surface area contributed by atoms with Crippen LogP contribution in [0.2, 0.25) is 0 Å². The minimum absolute atomic E-state index is 0.908. The van der Waals surface area contributed by atoms with Gasteiger partial charge in [0.2, 0.25) is 0 Å². The molecule has 3 aliphatic carbocycles. The fourth-order valence-electron chi connectivity index (χ4n) is 4.20. The minimum Gasteiger partial charge on any atom is -0.313 e. The second kappa shape index (κ2) is 4.45. The normalized spacial score (nSPS) is 41.2. The molecule has 0 spiro atoms. The summed E-state index contributed by atoms with van der Waals surface area (Å²) in [5, 5.41) is 3.88. The maximum absolute atomic E-state index is 3.88. The van der Waals surface area contributed by atoms with E-state index in [1.54, 1.807) is 6.42 Å². The smallest absolute Gasteiger partial charge is 0.00981 e. The third-order valence-corrected chi connectivity index (χ3v) is 5.13. The van der Waals surface area contributed by atoms with E-state index < -0.39 is 0 Å². The van der Waals surface area contributed by atoms with Crippen LogP contribution in [0.5, 0.6) is 0 Å². The Morgan fingerprint density at radius 3 is 2.40 bits per heavy atom. The molecule has 0 aromatic rings. The zero-order valence-electron chi connectivity index (χ0n) is 9.88. The van der Waals surface area contributed by atoms with Crippen LogP contribution in [0, 0.1) is 17.8 Å². The van der Waals surface area contributed by atoms with Gasteiger partial charge in [0, 0.05) is 6.04 Å². The van der Waals surface area contributed by atoms with Crippen LogP contribution in [0.15, 0.2) is 0 Å². The molecule has 1 nitrogen and oxygen atoms in total. The third-order valence-electron chi connectivity index (χ3n) is 5.13. The first-order valence-electron chi connectivity index (χ1n) is 7.15. The number of nitrogens with one attached hydrogen (secondary N) is 1. The van der Waals surface area contributed by atoms with Gasteiger partial charge >= 0.3 is 0 Å². The summed E-state index contributed by atoms with van der Waals surface area (Å²) in [4.78, 5) is 0. The highest BCUT2D eigenvalue weighted by Gasteiger charge is 2.39. The Labute approximate surface area is 94.0 Å². The lowest BCUT2D eigenvalue weighted by Gasteiger charge is -2.27. The van der Waals surface area contributed by atoms with Crippen LogP contribution in [-0.4, -0.2) is 12.6 Å². The number of hydrogen-bond donors (Lipinski definition) is 1. The van der Waals surface area contributed by atoms with Crippen molar-refractivity contribution in [2.24, 2.45) is 17.8 Å². The van der Waals surface area contributed by atoms with Crippen LogP contribution in [0.25, 0.3) is 0 Å². The molecule has 1 heteroatoms. The number of rotatable bonds is 3. The molecule has 1 N–H and O–H groups in total. The van der Waals surface area contributed by atoms with Crippen molar-refractivity contribution in [1.29, 1.82) is 0 Å². The average molecular weight is 207 g/mol. The van der Waals surface area contributed by atoms with Gasteiger partial charge < -0.3 is 5.32 Å². The molecule has 0 aromatic heterocycles. The van der Waals surface area contributed by atoms with E-state index in [0.29, 0.717) is 0 Å². The zero-order valence-corrected chi connectivity index (χ0v) is 9.88. The number of fused-ring (bicyclic) bond motifs is 2. The van der Waals surface area contributed by atoms with Gasteiger partial charge in [-0.25, -0.2) is 0 Å². The van der Waals surface area contributed by atoms with E-state index in [2.05, 4.69) is 5.32 Å². The molecule has 3 atom stereocenters. The van der Waals surface area contributed by atoms with Crippen LogP contribution in [-0.2, 0) is 0 Å². The molecule has 3 rings (SSSR count). The molecule has 15 heavy (non-hydrogen) atoms. The highest BCUT2D eigenvalue weighted by atomic mass is 14.9. The van der Waals surface area contributed by atoms with Gasteiger partial charge in [-0.15, -0.1) is 0 Å². The molecule has 0 saturated heterocycles. The molecule has 86 valence electrons. The molecule has 0 heterocycles. The highest BCUT2D eigenvalue weighted by Crippen LogP contribution is 2.44. The molecule has 0 aliphatic heterocycles. The van der Waals surface area contributed by atoms with Gasteiger partial charge in [0.05, 0.1) is 0 Å². The maximum Gasteiger partial charge on any atom is 0.00981 e. The summed E-state index contributed by atoms with van der Waals surface area (Å²) in [6, 6.07) is 0.908. The average Bonchev–Trinajstić information content (AvgIpc) is 2.89. The summed E-state index contributed by atoms with van der Waals surface area (Å²) in [6.45, 7) is 1.33. The zero-order chi connectivity index (χ0) is 10.1. The highest BCUT2D eigenvalue weighted by molar-refractivity contribution is 4.94. The lowest BCUT2D eigenvalue weighted by molar-refractivity contribution is 0.290. The first-order valence-corrected chi connectivity index (χ1v) is 7.15. The monoisotopic (exact) mass is 207 g/mol. The molecule has 3 unspecified atom stereocenters. The van der Waals surface area contributed by atoms with Crippen molar-refractivity contribution in [2.45, 2.75) is 63.8 Å². The van der Waals surface area contributed by atoms with E-state index in [1.165, 1.54) is 57.9 Å². The fraction of sp³-hybridized carbons (Fsp3) is 1.00. The summed E-state index contributed by atoms with van der Waals surface area (Å²) < 4.78 is 0. The summed E-state index contributed by atoms with van der Waals surface area (Å²) in [5.41, 5.74) is 0. The predicted molar refractivity (Wildman–Crippen MR) is 63.8 cm³/mol. The minimum atomic E-state index is 0.908. The number of hydrogen-bond acceptors (Lipinski definition) is 1. The van der Waals surface area contributed by atoms with E-state index in [0.717, 1.165) is 23.8 Å². The maximum atomic E-state index is 3.88. The van der Waals surface area contributed by atoms with Crippen LogP contribution < -0.4 is 5.32 Å². The van der Waals surface area contributed by atoms with Crippen molar-refractivity contribution < 1.29 is 0 Å². The SMILES string of the molecule is C1CCC(CNC2CC3CCC2C3)CC1. The van der Waals surface area contributed by atoms with Crippen molar-refractivity contribution in [3.63, 3.8) is 0 Å². The lowest BCUT2D eigenvalue weighted by Crippen LogP contribution is -2.37. The molecule has 0 amide bonds. The second-order valence-electron chi connectivity index (χ2n) is 6.19. The van der Waals surface area contributed by atoms with Crippen molar-refractivity contribution >= 4 is 0 Å². The van der Waals surface area contributed by atoms with Crippen molar-refractivity contribution in [2.75, 3.05) is 6.54 Å². The molecule has 2 bridgehead atoms. The van der Waals surface area contributed by atoms with E-state index in [-0.39, 0.29) is 0 Å². The van der Waals surface area contributed by atoms with E-state index in [9.17, 15) is 0 Å². The van der Waals surface area contributed by atoms with Gasteiger partial charge in [-0.3, -0.25) is 0 Å². The fourth-order valence-corrected chi connectivity index (χ4v) is 4.20. The molecular formula is C14H25N. The second-order valence-corrected chi connectivity index (χ2v) is 6.19. The van der Waals surface area contributed by atoms with Gasteiger partial charge in [0.25, 0.3) is 0 Å².